The predicted octanol–water partition coefficient (Wildman–Crippen LogP) is 3.20. The molecule has 3 aromatic carbocycles. The van der Waals surface area contributed by atoms with Gasteiger partial charge < -0.3 is 19.9 Å². The van der Waals surface area contributed by atoms with Crippen LogP contribution in [-0.4, -0.2) is 82.7 Å². The summed E-state index contributed by atoms with van der Waals surface area (Å²) in [6.45, 7) is 3.52. The van der Waals surface area contributed by atoms with Gasteiger partial charge in [-0.2, -0.15) is 5.01 Å². The Morgan fingerprint density at radius 3 is 2.30 bits per heavy atom. The van der Waals surface area contributed by atoms with Gasteiger partial charge in [0.2, 0.25) is 11.8 Å². The summed E-state index contributed by atoms with van der Waals surface area (Å²) in [7, 11) is 0. The highest BCUT2D eigenvalue weighted by Gasteiger charge is 2.51. The standard InChI is InChI=1S/C34H37N5O4/c1-3-18-37-24-32(40)38-30(21-27-10-6-4-7-11-27)33(41)36(19-20-43-25-29-16-14-26(2)15-17-29)23-31(38)39(37)34(42)35-22-28-12-8-5-9-13-28/h1,4-17,30-31H,18-25H2,2H3,(H,35,42)/t30-,31-/m0/s1. The predicted molar refractivity (Wildman–Crippen MR) is 163 cm³/mol. The van der Waals surface area contributed by atoms with Crippen LogP contribution in [0.2, 0.25) is 0 Å². The molecule has 2 fully saturated rings. The average Bonchev–Trinajstić information content (AvgIpc) is 3.02. The largest absolute Gasteiger partial charge is 0.375 e. The molecule has 43 heavy (non-hydrogen) atoms. The third kappa shape index (κ3) is 7.23. The lowest BCUT2D eigenvalue weighted by Gasteiger charge is -2.54. The Bertz CT molecular complexity index is 1440. The Hall–Kier alpha value is -4.65. The Labute approximate surface area is 253 Å². The highest BCUT2D eigenvalue weighted by molar-refractivity contribution is 5.91. The fraction of sp³-hybridized carbons (Fsp3) is 0.324. The number of hydrogen-bond donors (Lipinski definition) is 1. The Morgan fingerprint density at radius 2 is 1.63 bits per heavy atom. The molecule has 2 atom stereocenters. The fourth-order valence-corrected chi connectivity index (χ4v) is 5.58. The number of aryl methyl sites for hydroxylation is 1. The zero-order chi connectivity index (χ0) is 30.2. The van der Waals surface area contributed by atoms with Crippen molar-refractivity contribution in [2.45, 2.75) is 38.7 Å². The number of terminal acetylenes is 1. The molecule has 2 aliphatic heterocycles. The van der Waals surface area contributed by atoms with Crippen LogP contribution in [0.25, 0.3) is 0 Å². The number of fused-ring (bicyclic) bond motifs is 1. The molecule has 0 unspecified atom stereocenters. The first kappa shape index (κ1) is 29.8. The van der Waals surface area contributed by atoms with E-state index in [0.29, 0.717) is 32.7 Å². The summed E-state index contributed by atoms with van der Waals surface area (Å²) in [5.41, 5.74) is 4.09. The third-order valence-electron chi connectivity index (χ3n) is 7.77. The molecule has 0 aliphatic carbocycles. The van der Waals surface area contributed by atoms with E-state index in [1.807, 2.05) is 91.9 Å². The normalized spacial score (nSPS) is 18.7. The lowest BCUT2D eigenvalue weighted by atomic mass is 9.99. The fourth-order valence-electron chi connectivity index (χ4n) is 5.58. The average molecular weight is 580 g/mol. The molecule has 0 saturated carbocycles. The Balaban J connectivity index is 1.38. The first-order chi connectivity index (χ1) is 20.9. The minimum atomic E-state index is -0.775. The number of rotatable bonds is 10. The maximum atomic E-state index is 13.9. The summed E-state index contributed by atoms with van der Waals surface area (Å²) in [6.07, 6.45) is 5.26. The number of carbonyl (C=O) groups excluding carboxylic acids is 3. The number of hydrazine groups is 1. The highest BCUT2D eigenvalue weighted by Crippen LogP contribution is 2.28. The van der Waals surface area contributed by atoms with Gasteiger partial charge in [-0.25, -0.2) is 9.80 Å². The van der Waals surface area contributed by atoms with Crippen LogP contribution in [0.1, 0.15) is 22.3 Å². The summed E-state index contributed by atoms with van der Waals surface area (Å²) >= 11 is 0. The number of ether oxygens (including phenoxy) is 1. The molecule has 2 aliphatic rings. The molecule has 2 saturated heterocycles. The number of amides is 4. The second-order valence-corrected chi connectivity index (χ2v) is 10.8. The molecule has 2 heterocycles. The molecule has 0 radical (unpaired) electrons. The number of urea groups is 1. The SMILES string of the molecule is C#CCN1CC(=O)N2[C@@H](Cc3ccccc3)C(=O)N(CCOCc3ccc(C)cc3)C[C@@H]2N1C(=O)NCc1ccccc1. The van der Waals surface area contributed by atoms with Crippen molar-refractivity contribution >= 4 is 17.8 Å². The maximum absolute atomic E-state index is 13.9. The van der Waals surface area contributed by atoms with Crippen molar-refractivity contribution < 1.29 is 19.1 Å². The molecule has 9 nitrogen and oxygen atoms in total. The van der Waals surface area contributed by atoms with Crippen LogP contribution in [0.5, 0.6) is 0 Å². The molecule has 1 N–H and O–H groups in total. The van der Waals surface area contributed by atoms with Gasteiger partial charge in [0.25, 0.3) is 0 Å². The lowest BCUT2D eigenvalue weighted by Crippen LogP contribution is -2.76. The van der Waals surface area contributed by atoms with E-state index in [4.69, 9.17) is 11.2 Å². The summed E-state index contributed by atoms with van der Waals surface area (Å²) in [5.74, 6) is 2.17. The van der Waals surface area contributed by atoms with Crippen LogP contribution in [0.15, 0.2) is 84.9 Å². The summed E-state index contributed by atoms with van der Waals surface area (Å²) in [6, 6.07) is 26.2. The second kappa shape index (κ2) is 14.0. The second-order valence-electron chi connectivity index (χ2n) is 10.8. The van der Waals surface area contributed by atoms with Crippen molar-refractivity contribution in [1.82, 2.24) is 25.1 Å². The van der Waals surface area contributed by atoms with E-state index in [1.54, 1.807) is 14.8 Å². The number of nitrogens with zero attached hydrogens (tertiary/aromatic N) is 4. The zero-order valence-corrected chi connectivity index (χ0v) is 24.4. The minimum Gasteiger partial charge on any atom is -0.375 e. The number of piperazine rings is 1. The monoisotopic (exact) mass is 579 g/mol. The molecule has 0 aromatic heterocycles. The van der Waals surface area contributed by atoms with Crippen molar-refractivity contribution in [2.75, 3.05) is 32.8 Å². The van der Waals surface area contributed by atoms with Crippen LogP contribution >= 0.6 is 0 Å². The van der Waals surface area contributed by atoms with Crippen LogP contribution in [0.3, 0.4) is 0 Å². The summed E-state index contributed by atoms with van der Waals surface area (Å²) < 4.78 is 5.94. The third-order valence-corrected chi connectivity index (χ3v) is 7.77. The van der Waals surface area contributed by atoms with Crippen LogP contribution in [0.4, 0.5) is 4.79 Å². The maximum Gasteiger partial charge on any atom is 0.334 e. The number of nitrogens with one attached hydrogen (secondary N) is 1. The van der Waals surface area contributed by atoms with Gasteiger partial charge in [0, 0.05) is 19.5 Å². The van der Waals surface area contributed by atoms with Crippen LogP contribution in [-0.2, 0) is 33.9 Å². The summed E-state index contributed by atoms with van der Waals surface area (Å²) in [5, 5.41) is 6.09. The van der Waals surface area contributed by atoms with Gasteiger partial charge in [0.15, 0.2) is 0 Å². The Kier molecular flexibility index (Phi) is 9.72. The van der Waals surface area contributed by atoms with E-state index in [2.05, 4.69) is 11.2 Å². The van der Waals surface area contributed by atoms with Gasteiger partial charge in [-0.3, -0.25) is 9.59 Å². The first-order valence-corrected chi connectivity index (χ1v) is 14.5. The smallest absolute Gasteiger partial charge is 0.334 e. The van der Waals surface area contributed by atoms with E-state index >= 15 is 0 Å². The lowest BCUT2D eigenvalue weighted by molar-refractivity contribution is -0.189. The zero-order valence-electron chi connectivity index (χ0n) is 24.4. The molecule has 3 aromatic rings. The van der Waals surface area contributed by atoms with E-state index < -0.39 is 12.2 Å². The molecule has 0 spiro atoms. The topological polar surface area (TPSA) is 85.4 Å². The van der Waals surface area contributed by atoms with Gasteiger partial charge in [-0.05, 0) is 23.6 Å². The Morgan fingerprint density at radius 1 is 0.953 bits per heavy atom. The van der Waals surface area contributed by atoms with Crippen molar-refractivity contribution in [3.05, 3.63) is 107 Å². The number of benzene rings is 3. The summed E-state index contributed by atoms with van der Waals surface area (Å²) in [4.78, 5) is 44.6. The van der Waals surface area contributed by atoms with Crippen molar-refractivity contribution in [1.29, 1.82) is 0 Å². The minimum absolute atomic E-state index is 0.0752. The van der Waals surface area contributed by atoms with Gasteiger partial charge in [0.05, 0.1) is 32.8 Å². The number of carbonyl (C=O) groups is 3. The molecule has 4 amide bonds. The van der Waals surface area contributed by atoms with Gasteiger partial charge in [-0.15, -0.1) is 6.42 Å². The molecule has 222 valence electrons. The highest BCUT2D eigenvalue weighted by atomic mass is 16.5. The van der Waals surface area contributed by atoms with Crippen LogP contribution in [0, 0.1) is 19.3 Å². The van der Waals surface area contributed by atoms with Gasteiger partial charge in [0.1, 0.15) is 12.2 Å². The van der Waals surface area contributed by atoms with E-state index in [9.17, 15) is 14.4 Å². The van der Waals surface area contributed by atoms with E-state index in [1.165, 1.54) is 10.6 Å². The van der Waals surface area contributed by atoms with Crippen molar-refractivity contribution in [2.24, 2.45) is 0 Å². The van der Waals surface area contributed by atoms with Crippen molar-refractivity contribution in [3.63, 3.8) is 0 Å². The quantitative estimate of drug-likeness (QED) is 0.295. The molecular formula is C34H37N5O4. The molecular weight excluding hydrogens is 542 g/mol. The van der Waals surface area contributed by atoms with Crippen LogP contribution < -0.4 is 5.32 Å². The number of hydrogen-bond acceptors (Lipinski definition) is 5. The molecule has 5 rings (SSSR count). The van der Waals surface area contributed by atoms with E-state index in [0.717, 1.165) is 16.7 Å². The van der Waals surface area contributed by atoms with Gasteiger partial charge >= 0.3 is 6.03 Å². The van der Waals surface area contributed by atoms with E-state index in [-0.39, 0.29) is 37.5 Å². The first-order valence-electron chi connectivity index (χ1n) is 14.5. The molecule has 9 heteroatoms. The van der Waals surface area contributed by atoms with Crippen molar-refractivity contribution in [3.8, 4) is 12.3 Å². The molecule has 0 bridgehead atoms. The van der Waals surface area contributed by atoms with Gasteiger partial charge in [-0.1, -0.05) is 96.4 Å².